The lowest BCUT2D eigenvalue weighted by molar-refractivity contribution is -0.660. The zero-order valence-electron chi connectivity index (χ0n) is 9.99. The van der Waals surface area contributed by atoms with Crippen molar-refractivity contribution in [1.29, 1.82) is 0 Å². The van der Waals surface area contributed by atoms with Crippen molar-refractivity contribution in [2.75, 3.05) is 5.73 Å². The largest absolute Gasteiger partial charge is 0.398 e. The highest BCUT2D eigenvalue weighted by atomic mass is 14.9. The van der Waals surface area contributed by atoms with Crippen LogP contribution >= 0.6 is 0 Å². The Balaban J connectivity index is 2.70. The SMILES string of the molecule is Cc1cc(C)c(-c2cccc[n+]2C)c(N)c1. The summed E-state index contributed by atoms with van der Waals surface area (Å²) in [4.78, 5) is 0. The van der Waals surface area contributed by atoms with E-state index in [1.54, 1.807) is 0 Å². The molecule has 1 aromatic carbocycles. The van der Waals surface area contributed by atoms with Crippen LogP contribution in [-0.2, 0) is 7.05 Å². The van der Waals surface area contributed by atoms with Gasteiger partial charge in [0.2, 0.25) is 5.69 Å². The van der Waals surface area contributed by atoms with Crippen LogP contribution in [0.2, 0.25) is 0 Å². The molecule has 0 spiro atoms. The zero-order chi connectivity index (χ0) is 11.7. The van der Waals surface area contributed by atoms with Gasteiger partial charge < -0.3 is 5.73 Å². The molecule has 2 N–H and O–H groups in total. The number of anilines is 1. The van der Waals surface area contributed by atoms with Crippen molar-refractivity contribution in [1.82, 2.24) is 0 Å². The molecule has 0 unspecified atom stereocenters. The molecule has 2 nitrogen and oxygen atoms in total. The molecule has 2 aromatic rings. The number of nitrogens with zero attached hydrogens (tertiary/aromatic N) is 1. The molecule has 0 saturated carbocycles. The molecule has 1 heterocycles. The maximum absolute atomic E-state index is 6.11. The molecule has 0 aliphatic heterocycles. The lowest BCUT2D eigenvalue weighted by Crippen LogP contribution is -2.30. The van der Waals surface area contributed by atoms with Gasteiger partial charge in [0, 0.05) is 17.8 Å². The molecule has 0 saturated heterocycles. The van der Waals surface area contributed by atoms with Crippen molar-refractivity contribution in [3.05, 3.63) is 47.7 Å². The first-order chi connectivity index (χ1) is 7.59. The number of rotatable bonds is 1. The smallest absolute Gasteiger partial charge is 0.214 e. The van der Waals surface area contributed by atoms with E-state index in [9.17, 15) is 0 Å². The monoisotopic (exact) mass is 213 g/mol. The fraction of sp³-hybridized carbons (Fsp3) is 0.214. The van der Waals surface area contributed by atoms with E-state index in [2.05, 4.69) is 30.5 Å². The summed E-state index contributed by atoms with van der Waals surface area (Å²) in [5.74, 6) is 0. The van der Waals surface area contributed by atoms with Gasteiger partial charge in [-0.05, 0) is 37.1 Å². The highest BCUT2D eigenvalue weighted by molar-refractivity contribution is 5.76. The minimum absolute atomic E-state index is 0.847. The summed E-state index contributed by atoms with van der Waals surface area (Å²) >= 11 is 0. The van der Waals surface area contributed by atoms with Crippen LogP contribution in [0.3, 0.4) is 0 Å². The third-order valence-electron chi connectivity index (χ3n) is 2.82. The van der Waals surface area contributed by atoms with E-state index < -0.39 is 0 Å². The summed E-state index contributed by atoms with van der Waals surface area (Å²) < 4.78 is 2.09. The summed E-state index contributed by atoms with van der Waals surface area (Å²) in [5.41, 5.74) is 11.7. The van der Waals surface area contributed by atoms with E-state index >= 15 is 0 Å². The molecule has 0 amide bonds. The second-order valence-electron chi connectivity index (χ2n) is 4.24. The van der Waals surface area contributed by atoms with Gasteiger partial charge in [0.1, 0.15) is 7.05 Å². The van der Waals surface area contributed by atoms with Crippen molar-refractivity contribution in [3.8, 4) is 11.3 Å². The molecule has 0 aliphatic rings. The predicted octanol–water partition coefficient (Wildman–Crippen LogP) is 2.38. The summed E-state index contributed by atoms with van der Waals surface area (Å²) in [5, 5.41) is 0. The van der Waals surface area contributed by atoms with Crippen molar-refractivity contribution in [3.63, 3.8) is 0 Å². The molecule has 16 heavy (non-hydrogen) atoms. The van der Waals surface area contributed by atoms with E-state index in [-0.39, 0.29) is 0 Å². The Kier molecular flexibility index (Phi) is 2.65. The van der Waals surface area contributed by atoms with Crippen LogP contribution in [0.4, 0.5) is 5.69 Å². The summed E-state index contributed by atoms with van der Waals surface area (Å²) in [6.07, 6.45) is 2.04. The van der Waals surface area contributed by atoms with Gasteiger partial charge in [-0.3, -0.25) is 0 Å². The Labute approximate surface area is 96.4 Å². The van der Waals surface area contributed by atoms with Gasteiger partial charge in [-0.15, -0.1) is 0 Å². The minimum atomic E-state index is 0.847. The summed E-state index contributed by atoms with van der Waals surface area (Å²) in [6, 6.07) is 10.3. The van der Waals surface area contributed by atoms with Gasteiger partial charge in [-0.1, -0.05) is 6.07 Å². The number of hydrogen-bond donors (Lipinski definition) is 1. The summed E-state index contributed by atoms with van der Waals surface area (Å²) in [6.45, 7) is 4.17. The highest BCUT2D eigenvalue weighted by Gasteiger charge is 2.14. The zero-order valence-corrected chi connectivity index (χ0v) is 9.99. The number of nitrogen functional groups attached to an aromatic ring is 1. The first-order valence-electron chi connectivity index (χ1n) is 5.41. The summed E-state index contributed by atoms with van der Waals surface area (Å²) in [7, 11) is 2.04. The molecule has 0 radical (unpaired) electrons. The fourth-order valence-electron chi connectivity index (χ4n) is 2.13. The van der Waals surface area contributed by atoms with E-state index in [0.29, 0.717) is 0 Å². The molecule has 2 rings (SSSR count). The second-order valence-corrected chi connectivity index (χ2v) is 4.24. The predicted molar refractivity (Wildman–Crippen MR) is 66.9 cm³/mol. The fourth-order valence-corrected chi connectivity index (χ4v) is 2.13. The second kappa shape index (κ2) is 3.97. The highest BCUT2D eigenvalue weighted by Crippen LogP contribution is 2.27. The minimum Gasteiger partial charge on any atom is -0.398 e. The molecule has 0 bridgehead atoms. The van der Waals surface area contributed by atoms with Crippen LogP contribution in [0.25, 0.3) is 11.3 Å². The quantitative estimate of drug-likeness (QED) is 0.572. The number of benzene rings is 1. The molecule has 1 aromatic heterocycles. The van der Waals surface area contributed by atoms with Crippen molar-refractivity contribution in [2.24, 2.45) is 7.05 Å². The molecule has 0 atom stereocenters. The van der Waals surface area contributed by atoms with Crippen LogP contribution in [0.15, 0.2) is 36.5 Å². The van der Waals surface area contributed by atoms with Gasteiger partial charge in [0.25, 0.3) is 0 Å². The van der Waals surface area contributed by atoms with Crippen molar-refractivity contribution < 1.29 is 4.57 Å². The topological polar surface area (TPSA) is 29.9 Å². The Morgan fingerprint density at radius 1 is 1.12 bits per heavy atom. The van der Waals surface area contributed by atoms with E-state index in [1.807, 2.05) is 31.4 Å². The van der Waals surface area contributed by atoms with Gasteiger partial charge in [-0.25, -0.2) is 4.57 Å². The van der Waals surface area contributed by atoms with Gasteiger partial charge >= 0.3 is 0 Å². The third-order valence-corrected chi connectivity index (χ3v) is 2.82. The van der Waals surface area contributed by atoms with Crippen LogP contribution < -0.4 is 10.3 Å². The van der Waals surface area contributed by atoms with Gasteiger partial charge in [0.15, 0.2) is 6.20 Å². The van der Waals surface area contributed by atoms with Crippen molar-refractivity contribution >= 4 is 5.69 Å². The van der Waals surface area contributed by atoms with Crippen LogP contribution in [0.5, 0.6) is 0 Å². The Hall–Kier alpha value is -1.83. The maximum Gasteiger partial charge on any atom is 0.214 e. The average molecular weight is 213 g/mol. The Morgan fingerprint density at radius 2 is 1.88 bits per heavy atom. The number of hydrogen-bond acceptors (Lipinski definition) is 1. The number of nitrogens with two attached hydrogens (primary N) is 1. The molecule has 0 aliphatic carbocycles. The van der Waals surface area contributed by atoms with Crippen LogP contribution in [0.1, 0.15) is 11.1 Å². The van der Waals surface area contributed by atoms with Crippen LogP contribution in [-0.4, -0.2) is 0 Å². The first-order valence-corrected chi connectivity index (χ1v) is 5.41. The number of aryl methyl sites for hydroxylation is 3. The lowest BCUT2D eigenvalue weighted by Gasteiger charge is -2.08. The molecule has 2 heteroatoms. The van der Waals surface area contributed by atoms with E-state index in [4.69, 9.17) is 5.73 Å². The number of aromatic nitrogens is 1. The van der Waals surface area contributed by atoms with Gasteiger partial charge in [0.05, 0.1) is 5.56 Å². The molecule has 82 valence electrons. The standard InChI is InChI=1S/C14H16N2/c1-10-8-11(2)14(12(15)9-10)13-6-4-5-7-16(13)3/h4-9,15H,1-3H3/p+1. The number of pyridine rings is 1. The Bertz CT molecular complexity index is 507. The normalized spacial score (nSPS) is 10.4. The van der Waals surface area contributed by atoms with E-state index in [1.165, 1.54) is 11.1 Å². The maximum atomic E-state index is 6.11. The molecular weight excluding hydrogens is 196 g/mol. The van der Waals surface area contributed by atoms with E-state index in [0.717, 1.165) is 16.9 Å². The van der Waals surface area contributed by atoms with Crippen LogP contribution in [0, 0.1) is 13.8 Å². The lowest BCUT2D eigenvalue weighted by atomic mass is 10.00. The third kappa shape index (κ3) is 1.78. The Morgan fingerprint density at radius 3 is 2.50 bits per heavy atom. The average Bonchev–Trinajstić information content (AvgIpc) is 2.19. The molecule has 0 fully saturated rings. The van der Waals surface area contributed by atoms with Crippen molar-refractivity contribution in [2.45, 2.75) is 13.8 Å². The first kappa shape index (κ1) is 10.7. The van der Waals surface area contributed by atoms with Gasteiger partial charge in [-0.2, -0.15) is 0 Å². The molecular formula is C14H17N2+.